The summed E-state index contributed by atoms with van der Waals surface area (Å²) in [4.78, 5) is 16.6. The first-order valence-corrected chi connectivity index (χ1v) is 10.6. The molecule has 1 N–H and O–H groups in total. The molecule has 1 amide bonds. The van der Waals surface area contributed by atoms with Crippen LogP contribution in [0.3, 0.4) is 0 Å². The number of para-hydroxylation sites is 1. The Balaban J connectivity index is 1.39. The van der Waals surface area contributed by atoms with Crippen molar-refractivity contribution in [3.63, 3.8) is 0 Å². The largest absolute Gasteiger partial charge is 0.492 e. The molecular weight excluding hydrogens is 378 g/mol. The molecular formula is C24H33N3O3. The molecule has 1 saturated heterocycles. The molecule has 30 heavy (non-hydrogen) atoms. The molecule has 3 rings (SSSR count). The SMILES string of the molecule is CN(CC(=O)NCc1cccc(OCCN(C)C2CCOCC2)c1)c1ccccc1. The van der Waals surface area contributed by atoms with Crippen LogP contribution in [-0.2, 0) is 16.1 Å². The van der Waals surface area contributed by atoms with Crippen LogP contribution in [0.5, 0.6) is 5.75 Å². The van der Waals surface area contributed by atoms with Crippen molar-refractivity contribution in [3.05, 3.63) is 60.2 Å². The Kier molecular flexibility index (Phi) is 8.53. The van der Waals surface area contributed by atoms with Crippen molar-refractivity contribution < 1.29 is 14.3 Å². The topological polar surface area (TPSA) is 54.0 Å². The normalized spacial score (nSPS) is 14.5. The molecule has 0 saturated carbocycles. The Hall–Kier alpha value is -2.57. The number of rotatable bonds is 10. The summed E-state index contributed by atoms with van der Waals surface area (Å²) in [5, 5.41) is 2.99. The quantitative estimate of drug-likeness (QED) is 0.652. The molecule has 162 valence electrons. The van der Waals surface area contributed by atoms with Crippen LogP contribution in [0.1, 0.15) is 18.4 Å². The van der Waals surface area contributed by atoms with Crippen LogP contribution in [0.15, 0.2) is 54.6 Å². The molecule has 6 heteroatoms. The lowest BCUT2D eigenvalue weighted by Gasteiger charge is -2.31. The van der Waals surface area contributed by atoms with E-state index in [-0.39, 0.29) is 5.91 Å². The Morgan fingerprint density at radius 1 is 1.10 bits per heavy atom. The molecule has 1 fully saturated rings. The van der Waals surface area contributed by atoms with E-state index >= 15 is 0 Å². The fourth-order valence-electron chi connectivity index (χ4n) is 3.61. The molecule has 0 bridgehead atoms. The zero-order valence-corrected chi connectivity index (χ0v) is 18.0. The van der Waals surface area contributed by atoms with Crippen LogP contribution in [-0.4, -0.2) is 63.9 Å². The van der Waals surface area contributed by atoms with E-state index in [1.165, 1.54) is 0 Å². The molecule has 0 atom stereocenters. The molecule has 0 spiro atoms. The Morgan fingerprint density at radius 2 is 1.87 bits per heavy atom. The summed E-state index contributed by atoms with van der Waals surface area (Å²) >= 11 is 0. The molecule has 1 aliphatic heterocycles. The lowest BCUT2D eigenvalue weighted by Crippen LogP contribution is -2.38. The number of hydrogen-bond donors (Lipinski definition) is 1. The number of carbonyl (C=O) groups excluding carboxylic acids is 1. The molecule has 0 unspecified atom stereocenters. The second-order valence-electron chi connectivity index (χ2n) is 7.79. The number of likely N-dealkylation sites (N-methyl/N-ethyl adjacent to an activating group) is 2. The van der Waals surface area contributed by atoms with Gasteiger partial charge in [0.15, 0.2) is 0 Å². The average Bonchev–Trinajstić information content (AvgIpc) is 2.79. The third-order valence-corrected chi connectivity index (χ3v) is 5.49. The molecule has 0 aliphatic carbocycles. The average molecular weight is 412 g/mol. The van der Waals surface area contributed by atoms with E-state index in [9.17, 15) is 4.79 Å². The van der Waals surface area contributed by atoms with E-state index in [2.05, 4.69) is 17.3 Å². The van der Waals surface area contributed by atoms with E-state index in [4.69, 9.17) is 9.47 Å². The molecule has 0 aromatic heterocycles. The highest BCUT2D eigenvalue weighted by atomic mass is 16.5. The summed E-state index contributed by atoms with van der Waals surface area (Å²) in [6, 6.07) is 18.4. The number of benzene rings is 2. The first kappa shape index (κ1) is 22.1. The second kappa shape index (κ2) is 11.6. The summed E-state index contributed by atoms with van der Waals surface area (Å²) in [5.74, 6) is 0.828. The number of nitrogens with zero attached hydrogens (tertiary/aromatic N) is 2. The van der Waals surface area contributed by atoms with Crippen molar-refractivity contribution >= 4 is 11.6 Å². The second-order valence-corrected chi connectivity index (χ2v) is 7.79. The maximum Gasteiger partial charge on any atom is 0.239 e. The Morgan fingerprint density at radius 3 is 2.63 bits per heavy atom. The van der Waals surface area contributed by atoms with E-state index in [1.54, 1.807) is 0 Å². The van der Waals surface area contributed by atoms with Crippen LogP contribution in [0.25, 0.3) is 0 Å². The van der Waals surface area contributed by atoms with Crippen LogP contribution >= 0.6 is 0 Å². The first-order chi connectivity index (χ1) is 14.6. The Bertz CT molecular complexity index is 778. The van der Waals surface area contributed by atoms with Gasteiger partial charge in [-0.2, -0.15) is 0 Å². The van der Waals surface area contributed by atoms with Crippen molar-refractivity contribution in [3.8, 4) is 5.75 Å². The number of anilines is 1. The van der Waals surface area contributed by atoms with Crippen molar-refractivity contribution in [2.45, 2.75) is 25.4 Å². The predicted octanol–water partition coefficient (Wildman–Crippen LogP) is 2.93. The summed E-state index contributed by atoms with van der Waals surface area (Å²) in [5.41, 5.74) is 2.05. The molecule has 1 heterocycles. The maximum atomic E-state index is 12.3. The monoisotopic (exact) mass is 411 g/mol. The van der Waals surface area contributed by atoms with Crippen molar-refractivity contribution in [2.24, 2.45) is 0 Å². The van der Waals surface area contributed by atoms with Gasteiger partial charge in [0.1, 0.15) is 12.4 Å². The van der Waals surface area contributed by atoms with Gasteiger partial charge in [0.25, 0.3) is 0 Å². The number of carbonyl (C=O) groups is 1. The van der Waals surface area contributed by atoms with Gasteiger partial charge in [-0.15, -0.1) is 0 Å². The van der Waals surface area contributed by atoms with Crippen LogP contribution in [0, 0.1) is 0 Å². The minimum absolute atomic E-state index is 0.00855. The smallest absolute Gasteiger partial charge is 0.239 e. The van der Waals surface area contributed by atoms with Gasteiger partial charge in [-0.25, -0.2) is 0 Å². The third-order valence-electron chi connectivity index (χ3n) is 5.49. The van der Waals surface area contributed by atoms with E-state index in [1.807, 2.05) is 66.5 Å². The van der Waals surface area contributed by atoms with E-state index in [0.717, 1.165) is 49.6 Å². The minimum atomic E-state index is -0.00855. The van der Waals surface area contributed by atoms with Gasteiger partial charge in [-0.1, -0.05) is 30.3 Å². The van der Waals surface area contributed by atoms with Gasteiger partial charge in [0.2, 0.25) is 5.91 Å². The number of ether oxygens (including phenoxy) is 2. The summed E-state index contributed by atoms with van der Waals surface area (Å²) < 4.78 is 11.4. The first-order valence-electron chi connectivity index (χ1n) is 10.6. The van der Waals surface area contributed by atoms with E-state index < -0.39 is 0 Å². The van der Waals surface area contributed by atoms with Gasteiger partial charge >= 0.3 is 0 Å². The Labute approximate surface area is 179 Å². The van der Waals surface area contributed by atoms with Crippen molar-refractivity contribution in [2.75, 3.05) is 51.9 Å². The summed E-state index contributed by atoms with van der Waals surface area (Å²) in [7, 11) is 4.07. The zero-order valence-electron chi connectivity index (χ0n) is 18.0. The van der Waals surface area contributed by atoms with Gasteiger partial charge in [-0.3, -0.25) is 9.69 Å². The molecule has 0 radical (unpaired) electrons. The predicted molar refractivity (Wildman–Crippen MR) is 120 cm³/mol. The minimum Gasteiger partial charge on any atom is -0.492 e. The van der Waals surface area contributed by atoms with Crippen LogP contribution in [0.2, 0.25) is 0 Å². The standard InChI is InChI=1S/C24H33N3O3/c1-26(22-11-14-29-15-12-22)13-16-30-23-10-6-7-20(17-23)18-25-24(28)19-27(2)21-8-4-3-5-9-21/h3-10,17,22H,11-16,18-19H2,1-2H3,(H,25,28). The van der Waals surface area contributed by atoms with E-state index in [0.29, 0.717) is 25.7 Å². The number of hydrogen-bond acceptors (Lipinski definition) is 5. The molecule has 2 aromatic carbocycles. The highest BCUT2D eigenvalue weighted by Crippen LogP contribution is 2.15. The summed E-state index contributed by atoms with van der Waals surface area (Å²) in [6.45, 7) is 4.04. The highest BCUT2D eigenvalue weighted by Gasteiger charge is 2.18. The maximum absolute atomic E-state index is 12.3. The number of nitrogens with one attached hydrogen (secondary N) is 1. The van der Waals surface area contributed by atoms with Crippen molar-refractivity contribution in [1.29, 1.82) is 0 Å². The van der Waals surface area contributed by atoms with Crippen LogP contribution in [0.4, 0.5) is 5.69 Å². The number of amides is 1. The molecule has 1 aliphatic rings. The van der Waals surface area contributed by atoms with Gasteiger partial charge in [-0.05, 0) is 49.7 Å². The lowest BCUT2D eigenvalue weighted by atomic mass is 10.1. The lowest BCUT2D eigenvalue weighted by molar-refractivity contribution is -0.119. The van der Waals surface area contributed by atoms with Gasteiger partial charge in [0.05, 0.1) is 6.54 Å². The highest BCUT2D eigenvalue weighted by molar-refractivity contribution is 5.81. The third kappa shape index (κ3) is 7.04. The van der Waals surface area contributed by atoms with Gasteiger partial charge in [0, 0.05) is 45.1 Å². The molecule has 2 aromatic rings. The summed E-state index contributed by atoms with van der Waals surface area (Å²) in [6.07, 6.45) is 2.18. The fraction of sp³-hybridized carbons (Fsp3) is 0.458. The fourth-order valence-corrected chi connectivity index (χ4v) is 3.61. The molecule has 6 nitrogen and oxygen atoms in total. The zero-order chi connectivity index (χ0) is 21.2. The van der Waals surface area contributed by atoms with Crippen LogP contribution < -0.4 is 15.0 Å². The van der Waals surface area contributed by atoms with Gasteiger partial charge < -0.3 is 19.7 Å². The van der Waals surface area contributed by atoms with Crippen molar-refractivity contribution in [1.82, 2.24) is 10.2 Å².